The predicted octanol–water partition coefficient (Wildman–Crippen LogP) is 4.24. The summed E-state index contributed by atoms with van der Waals surface area (Å²) in [5.74, 6) is -1.02. The summed E-state index contributed by atoms with van der Waals surface area (Å²) in [6.07, 6.45) is 0. The molecule has 1 amide bonds. The van der Waals surface area contributed by atoms with E-state index >= 15 is 0 Å². The van der Waals surface area contributed by atoms with Crippen molar-refractivity contribution in [2.24, 2.45) is 0 Å². The van der Waals surface area contributed by atoms with Gasteiger partial charge >= 0.3 is 0 Å². The number of carbonyl (C=O) groups excluding carboxylic acids is 1. The number of imidazole rings is 1. The number of benzene rings is 3. The van der Waals surface area contributed by atoms with Crippen molar-refractivity contribution in [3.8, 4) is 11.4 Å². The first kappa shape index (κ1) is 18.1. The zero-order valence-electron chi connectivity index (χ0n) is 14.7. The summed E-state index contributed by atoms with van der Waals surface area (Å²) in [5, 5.41) is 23.9. The molecule has 0 spiro atoms. The normalized spacial score (nSPS) is 10.8. The van der Waals surface area contributed by atoms with Crippen LogP contribution in [0.3, 0.4) is 0 Å². The Balaban J connectivity index is 1.61. The molecule has 0 unspecified atom stereocenters. The van der Waals surface area contributed by atoms with Gasteiger partial charge in [-0.3, -0.25) is 14.9 Å². The quantitative estimate of drug-likeness (QED) is 0.307. The van der Waals surface area contributed by atoms with Crippen LogP contribution in [0.25, 0.3) is 22.4 Å². The minimum atomic E-state index is -0.621. The number of nitrogens with zero attached hydrogens (tertiary/aromatic N) is 3. The Labute approximate surface area is 163 Å². The maximum Gasteiger partial charge on any atom is 0.271 e. The van der Waals surface area contributed by atoms with Gasteiger partial charge in [0.1, 0.15) is 11.3 Å². The summed E-state index contributed by atoms with van der Waals surface area (Å²) in [6.45, 7) is 0. The van der Waals surface area contributed by atoms with Gasteiger partial charge in [0.05, 0.1) is 16.0 Å². The molecule has 1 aromatic heterocycles. The number of hydrogen-bond acceptors (Lipinski definition) is 5. The number of hydrogen-bond donors (Lipinski definition) is 2. The molecule has 0 fully saturated rings. The number of fused-ring (bicyclic) bond motifs is 1. The van der Waals surface area contributed by atoms with Gasteiger partial charge in [-0.25, -0.2) is 9.37 Å². The minimum absolute atomic E-state index is 0.0738. The van der Waals surface area contributed by atoms with Crippen LogP contribution < -0.4 is 5.32 Å². The first-order valence-electron chi connectivity index (χ1n) is 8.46. The molecular weight excluding hydrogens is 379 g/mol. The third kappa shape index (κ3) is 3.36. The summed E-state index contributed by atoms with van der Waals surface area (Å²) in [6, 6.07) is 16.0. The van der Waals surface area contributed by atoms with Crippen molar-refractivity contribution in [3.63, 3.8) is 0 Å². The van der Waals surface area contributed by atoms with Crippen molar-refractivity contribution >= 4 is 28.3 Å². The van der Waals surface area contributed by atoms with E-state index in [1.54, 1.807) is 30.3 Å². The molecule has 3 aromatic carbocycles. The van der Waals surface area contributed by atoms with Gasteiger partial charge in [0, 0.05) is 23.4 Å². The smallest absolute Gasteiger partial charge is 0.271 e. The summed E-state index contributed by atoms with van der Waals surface area (Å²) >= 11 is 0. The standard InChI is InChI=1S/C20H13FN4O4/c21-16-4-2-1-3-15(16)20(26)22-13-7-5-12(6-8-13)19-23-17-10-9-14(25(28)29)11-18(17)24(19)27/h1-11,27H,(H,22,26). The maximum atomic E-state index is 13.7. The van der Waals surface area contributed by atoms with Gasteiger partial charge in [-0.15, -0.1) is 0 Å². The van der Waals surface area contributed by atoms with Gasteiger partial charge in [0.15, 0.2) is 5.82 Å². The van der Waals surface area contributed by atoms with E-state index in [9.17, 15) is 24.5 Å². The van der Waals surface area contributed by atoms with Crippen LogP contribution in [0.2, 0.25) is 0 Å². The Bertz CT molecular complexity index is 1250. The average Bonchev–Trinajstić information content (AvgIpc) is 3.05. The molecule has 0 aliphatic carbocycles. The Morgan fingerprint density at radius 3 is 2.52 bits per heavy atom. The van der Waals surface area contributed by atoms with E-state index in [-0.39, 0.29) is 22.6 Å². The Kier molecular flexibility index (Phi) is 4.40. The van der Waals surface area contributed by atoms with Crippen LogP contribution in [0.1, 0.15) is 10.4 Å². The van der Waals surface area contributed by atoms with Gasteiger partial charge in [-0.05, 0) is 42.5 Å². The molecule has 0 bridgehead atoms. The largest absolute Gasteiger partial charge is 0.426 e. The van der Waals surface area contributed by atoms with E-state index in [2.05, 4.69) is 10.3 Å². The van der Waals surface area contributed by atoms with E-state index in [1.807, 2.05) is 0 Å². The number of nitro benzene ring substituents is 1. The summed E-state index contributed by atoms with van der Waals surface area (Å²) in [4.78, 5) is 26.8. The molecule has 0 aliphatic rings. The van der Waals surface area contributed by atoms with E-state index < -0.39 is 16.6 Å². The number of aromatic nitrogens is 2. The molecule has 0 atom stereocenters. The monoisotopic (exact) mass is 392 g/mol. The molecule has 4 aromatic rings. The summed E-state index contributed by atoms with van der Waals surface area (Å²) < 4.78 is 14.5. The molecular formula is C20H13FN4O4. The zero-order chi connectivity index (χ0) is 20.5. The molecule has 2 N–H and O–H groups in total. The number of rotatable bonds is 4. The second kappa shape index (κ2) is 7.04. The molecule has 0 saturated heterocycles. The molecule has 0 radical (unpaired) electrons. The lowest BCUT2D eigenvalue weighted by Crippen LogP contribution is -2.13. The number of carbonyl (C=O) groups is 1. The molecule has 8 nitrogen and oxygen atoms in total. The maximum absolute atomic E-state index is 13.7. The third-order valence-electron chi connectivity index (χ3n) is 4.34. The van der Waals surface area contributed by atoms with Crippen LogP contribution in [-0.2, 0) is 0 Å². The Morgan fingerprint density at radius 2 is 1.83 bits per heavy atom. The number of amides is 1. The first-order valence-corrected chi connectivity index (χ1v) is 8.46. The second-order valence-electron chi connectivity index (χ2n) is 6.19. The van der Waals surface area contributed by atoms with Crippen LogP contribution in [-0.4, -0.2) is 25.8 Å². The van der Waals surface area contributed by atoms with Gasteiger partial charge < -0.3 is 10.5 Å². The molecule has 144 valence electrons. The van der Waals surface area contributed by atoms with Crippen molar-refractivity contribution < 1.29 is 19.3 Å². The number of nitrogens with one attached hydrogen (secondary N) is 1. The molecule has 4 rings (SSSR count). The SMILES string of the molecule is O=C(Nc1ccc(-c2nc3ccc([N+](=O)[O-])cc3n2O)cc1)c1ccccc1F. The van der Waals surface area contributed by atoms with E-state index in [0.717, 1.165) is 4.73 Å². The lowest BCUT2D eigenvalue weighted by Gasteiger charge is -2.07. The topological polar surface area (TPSA) is 110 Å². The molecule has 9 heteroatoms. The average molecular weight is 392 g/mol. The molecule has 0 saturated carbocycles. The number of nitro groups is 1. The van der Waals surface area contributed by atoms with Crippen LogP contribution in [0.15, 0.2) is 66.7 Å². The second-order valence-corrected chi connectivity index (χ2v) is 6.19. The lowest BCUT2D eigenvalue weighted by molar-refractivity contribution is -0.384. The highest BCUT2D eigenvalue weighted by molar-refractivity contribution is 6.04. The Hall–Kier alpha value is -4.27. The lowest BCUT2D eigenvalue weighted by atomic mass is 10.1. The third-order valence-corrected chi connectivity index (χ3v) is 4.34. The van der Waals surface area contributed by atoms with Gasteiger partial charge in [0.2, 0.25) is 0 Å². The van der Waals surface area contributed by atoms with Gasteiger partial charge in [0.25, 0.3) is 11.6 Å². The minimum Gasteiger partial charge on any atom is -0.426 e. The Morgan fingerprint density at radius 1 is 1.10 bits per heavy atom. The van der Waals surface area contributed by atoms with Gasteiger partial charge in [-0.2, -0.15) is 4.73 Å². The van der Waals surface area contributed by atoms with Crippen molar-refractivity contribution in [1.82, 2.24) is 9.71 Å². The van der Waals surface area contributed by atoms with Crippen LogP contribution in [0, 0.1) is 15.9 Å². The van der Waals surface area contributed by atoms with Crippen LogP contribution in [0.5, 0.6) is 0 Å². The van der Waals surface area contributed by atoms with Gasteiger partial charge in [-0.1, -0.05) is 12.1 Å². The molecule has 1 heterocycles. The zero-order valence-corrected chi connectivity index (χ0v) is 14.7. The predicted molar refractivity (Wildman–Crippen MR) is 103 cm³/mol. The van der Waals surface area contributed by atoms with Crippen molar-refractivity contribution in [1.29, 1.82) is 0 Å². The van der Waals surface area contributed by atoms with Crippen LogP contribution >= 0.6 is 0 Å². The van der Waals surface area contributed by atoms with Crippen molar-refractivity contribution in [2.45, 2.75) is 0 Å². The highest BCUT2D eigenvalue weighted by Gasteiger charge is 2.16. The van der Waals surface area contributed by atoms with Crippen LogP contribution in [0.4, 0.5) is 15.8 Å². The van der Waals surface area contributed by atoms with E-state index in [4.69, 9.17) is 0 Å². The van der Waals surface area contributed by atoms with Crippen molar-refractivity contribution in [2.75, 3.05) is 5.32 Å². The van der Waals surface area contributed by atoms with Crippen molar-refractivity contribution in [3.05, 3.63) is 88.2 Å². The fourth-order valence-electron chi connectivity index (χ4n) is 2.90. The van der Waals surface area contributed by atoms with E-state index in [0.29, 0.717) is 16.8 Å². The van der Waals surface area contributed by atoms with E-state index in [1.165, 1.54) is 36.4 Å². The highest BCUT2D eigenvalue weighted by Crippen LogP contribution is 2.27. The summed E-state index contributed by atoms with van der Waals surface area (Å²) in [7, 11) is 0. The molecule has 0 aliphatic heterocycles. The summed E-state index contributed by atoms with van der Waals surface area (Å²) in [5.41, 5.74) is 1.31. The number of anilines is 1. The highest BCUT2D eigenvalue weighted by atomic mass is 19.1. The first-order chi connectivity index (χ1) is 13.9. The number of halogens is 1. The number of non-ortho nitro benzene ring substituents is 1. The fraction of sp³-hybridized carbons (Fsp3) is 0. The molecule has 29 heavy (non-hydrogen) atoms. The fourth-order valence-corrected chi connectivity index (χ4v) is 2.90.